The van der Waals surface area contributed by atoms with Crippen LogP contribution < -0.4 is 0 Å². The van der Waals surface area contributed by atoms with E-state index < -0.39 is 0 Å². The monoisotopic (exact) mass is 273 g/mol. The highest BCUT2D eigenvalue weighted by molar-refractivity contribution is 5.21. The molecule has 0 saturated carbocycles. The fourth-order valence-corrected chi connectivity index (χ4v) is 3.88. The molecule has 2 aliphatic rings. The number of hydrogen-bond donors (Lipinski definition) is 0. The lowest BCUT2D eigenvalue weighted by Crippen LogP contribution is -2.40. The van der Waals surface area contributed by atoms with Crippen LogP contribution in [0.1, 0.15) is 44.6 Å². The fraction of sp³-hybridized carbons (Fsp3) is 0.706. The Bertz CT molecular complexity index is 414. The molecule has 0 spiro atoms. The third-order valence-electron chi connectivity index (χ3n) is 5.17. The minimum Gasteiger partial charge on any atom is -0.303 e. The third-order valence-corrected chi connectivity index (χ3v) is 5.17. The van der Waals surface area contributed by atoms with E-state index >= 15 is 0 Å². The van der Waals surface area contributed by atoms with Crippen molar-refractivity contribution in [2.45, 2.75) is 44.6 Å². The van der Waals surface area contributed by atoms with Crippen LogP contribution >= 0.6 is 0 Å². The molecule has 1 unspecified atom stereocenters. The number of pyridine rings is 1. The minimum absolute atomic E-state index is 0.208. The van der Waals surface area contributed by atoms with Gasteiger partial charge in [-0.05, 0) is 76.8 Å². The lowest BCUT2D eigenvalue weighted by atomic mass is 9.90. The van der Waals surface area contributed by atoms with Gasteiger partial charge in [-0.25, -0.2) is 0 Å². The molecular weight excluding hydrogens is 246 g/mol. The highest BCUT2D eigenvalue weighted by Gasteiger charge is 2.37. The number of nitrogens with zero attached hydrogens (tertiary/aromatic N) is 3. The summed E-state index contributed by atoms with van der Waals surface area (Å²) in [6, 6.07) is 4.31. The predicted octanol–water partition coefficient (Wildman–Crippen LogP) is 2.88. The molecule has 2 saturated heterocycles. The van der Waals surface area contributed by atoms with E-state index in [1.54, 1.807) is 0 Å². The van der Waals surface area contributed by atoms with E-state index in [1.807, 2.05) is 6.20 Å². The largest absolute Gasteiger partial charge is 0.303 e. The molecule has 1 aromatic heterocycles. The van der Waals surface area contributed by atoms with E-state index in [0.717, 1.165) is 0 Å². The van der Waals surface area contributed by atoms with Crippen molar-refractivity contribution >= 4 is 0 Å². The second-order valence-electron chi connectivity index (χ2n) is 6.51. The zero-order valence-electron chi connectivity index (χ0n) is 12.7. The molecule has 0 aromatic carbocycles. The van der Waals surface area contributed by atoms with Gasteiger partial charge in [0.1, 0.15) is 0 Å². The maximum absolute atomic E-state index is 4.32. The Morgan fingerprint density at radius 2 is 2.00 bits per heavy atom. The van der Waals surface area contributed by atoms with Crippen molar-refractivity contribution in [1.82, 2.24) is 14.8 Å². The molecule has 3 nitrogen and oxygen atoms in total. The number of rotatable bonds is 5. The maximum atomic E-state index is 4.32. The van der Waals surface area contributed by atoms with Crippen LogP contribution in [-0.2, 0) is 5.54 Å². The number of likely N-dealkylation sites (tertiary alicyclic amines) is 2. The molecule has 0 N–H and O–H groups in total. The lowest BCUT2D eigenvalue weighted by molar-refractivity contribution is 0.147. The molecule has 0 aliphatic carbocycles. The van der Waals surface area contributed by atoms with Crippen LogP contribution in [0.5, 0.6) is 0 Å². The van der Waals surface area contributed by atoms with E-state index in [9.17, 15) is 0 Å². The molecule has 1 atom stereocenters. The van der Waals surface area contributed by atoms with Crippen LogP contribution in [0, 0.1) is 0 Å². The SMILES string of the molecule is CC1(c2cccnc2)CCCN1CCCN1CCCC1. The summed E-state index contributed by atoms with van der Waals surface area (Å²) in [6.45, 7) is 8.78. The van der Waals surface area contributed by atoms with Crippen LogP contribution in [0.15, 0.2) is 24.5 Å². The molecule has 110 valence electrons. The zero-order valence-corrected chi connectivity index (χ0v) is 12.7. The summed E-state index contributed by atoms with van der Waals surface area (Å²) < 4.78 is 0. The van der Waals surface area contributed by atoms with Crippen LogP contribution in [0.25, 0.3) is 0 Å². The first-order valence-electron chi connectivity index (χ1n) is 8.17. The fourth-order valence-electron chi connectivity index (χ4n) is 3.88. The van der Waals surface area contributed by atoms with Gasteiger partial charge in [0.25, 0.3) is 0 Å². The first-order valence-corrected chi connectivity index (χ1v) is 8.17. The molecule has 2 aliphatic heterocycles. The highest BCUT2D eigenvalue weighted by atomic mass is 15.2. The van der Waals surface area contributed by atoms with Crippen molar-refractivity contribution in [2.24, 2.45) is 0 Å². The first kappa shape index (κ1) is 14.0. The topological polar surface area (TPSA) is 19.4 Å². The zero-order chi connectivity index (χ0) is 13.8. The summed E-state index contributed by atoms with van der Waals surface area (Å²) in [4.78, 5) is 9.62. The van der Waals surface area contributed by atoms with Gasteiger partial charge in [0.05, 0.1) is 0 Å². The van der Waals surface area contributed by atoms with Gasteiger partial charge in [0.15, 0.2) is 0 Å². The molecule has 2 fully saturated rings. The molecule has 0 radical (unpaired) electrons. The van der Waals surface area contributed by atoms with E-state index in [2.05, 4.69) is 40.0 Å². The summed E-state index contributed by atoms with van der Waals surface area (Å²) in [5, 5.41) is 0. The van der Waals surface area contributed by atoms with Gasteiger partial charge in [-0.2, -0.15) is 0 Å². The summed E-state index contributed by atoms with van der Waals surface area (Å²) in [6.07, 6.45) is 10.6. The van der Waals surface area contributed by atoms with Gasteiger partial charge in [0.2, 0.25) is 0 Å². The average Bonchev–Trinajstić information content (AvgIpc) is 3.11. The second-order valence-corrected chi connectivity index (χ2v) is 6.51. The van der Waals surface area contributed by atoms with E-state index in [-0.39, 0.29) is 5.54 Å². The molecule has 0 amide bonds. The van der Waals surface area contributed by atoms with Crippen LogP contribution in [0.2, 0.25) is 0 Å². The quantitative estimate of drug-likeness (QED) is 0.822. The van der Waals surface area contributed by atoms with Crippen molar-refractivity contribution in [3.8, 4) is 0 Å². The number of hydrogen-bond acceptors (Lipinski definition) is 3. The lowest BCUT2D eigenvalue weighted by Gasteiger charge is -2.36. The van der Waals surface area contributed by atoms with Gasteiger partial charge in [-0.15, -0.1) is 0 Å². The highest BCUT2D eigenvalue weighted by Crippen LogP contribution is 2.38. The van der Waals surface area contributed by atoms with Crippen molar-refractivity contribution in [3.05, 3.63) is 30.1 Å². The van der Waals surface area contributed by atoms with Gasteiger partial charge in [-0.1, -0.05) is 6.07 Å². The molecular formula is C17H27N3. The smallest absolute Gasteiger partial charge is 0.0448 e. The first-order chi connectivity index (χ1) is 9.79. The van der Waals surface area contributed by atoms with Gasteiger partial charge < -0.3 is 4.90 Å². The summed E-state index contributed by atoms with van der Waals surface area (Å²) >= 11 is 0. The van der Waals surface area contributed by atoms with Crippen molar-refractivity contribution in [2.75, 3.05) is 32.7 Å². The summed E-state index contributed by atoms with van der Waals surface area (Å²) in [5.74, 6) is 0. The van der Waals surface area contributed by atoms with Gasteiger partial charge in [-0.3, -0.25) is 9.88 Å². The minimum atomic E-state index is 0.208. The molecule has 3 heteroatoms. The average molecular weight is 273 g/mol. The van der Waals surface area contributed by atoms with E-state index in [4.69, 9.17) is 0 Å². The Morgan fingerprint density at radius 1 is 1.15 bits per heavy atom. The van der Waals surface area contributed by atoms with E-state index in [1.165, 1.54) is 70.4 Å². The maximum Gasteiger partial charge on any atom is 0.0448 e. The summed E-state index contributed by atoms with van der Waals surface area (Å²) in [5.41, 5.74) is 1.60. The molecule has 1 aromatic rings. The second kappa shape index (κ2) is 6.23. The standard InChI is InChI=1S/C17H27N3/c1-17(16-7-4-9-18-15-16)8-5-13-20(17)14-6-12-19-10-2-3-11-19/h4,7,9,15H,2-3,5-6,8,10-14H2,1H3. The molecule has 3 rings (SSSR count). The normalized spacial score (nSPS) is 28.2. The van der Waals surface area contributed by atoms with Gasteiger partial charge in [0, 0.05) is 24.5 Å². The molecule has 0 bridgehead atoms. The van der Waals surface area contributed by atoms with Crippen molar-refractivity contribution < 1.29 is 0 Å². The van der Waals surface area contributed by atoms with Crippen LogP contribution in [-0.4, -0.2) is 47.5 Å². The predicted molar refractivity (Wildman–Crippen MR) is 82.7 cm³/mol. The van der Waals surface area contributed by atoms with Crippen molar-refractivity contribution in [1.29, 1.82) is 0 Å². The Kier molecular flexibility index (Phi) is 4.37. The Hall–Kier alpha value is -0.930. The number of aromatic nitrogens is 1. The van der Waals surface area contributed by atoms with Crippen molar-refractivity contribution in [3.63, 3.8) is 0 Å². The Balaban J connectivity index is 1.57. The summed E-state index contributed by atoms with van der Waals surface area (Å²) in [7, 11) is 0. The van der Waals surface area contributed by atoms with Crippen LogP contribution in [0.3, 0.4) is 0 Å². The van der Waals surface area contributed by atoms with E-state index in [0.29, 0.717) is 0 Å². The van der Waals surface area contributed by atoms with Crippen LogP contribution in [0.4, 0.5) is 0 Å². The Morgan fingerprint density at radius 3 is 2.75 bits per heavy atom. The molecule has 3 heterocycles. The Labute approximate surface area is 123 Å². The van der Waals surface area contributed by atoms with Gasteiger partial charge >= 0.3 is 0 Å². The third kappa shape index (κ3) is 2.89. The molecule has 20 heavy (non-hydrogen) atoms.